The second-order valence-corrected chi connectivity index (χ2v) is 4.76. The van der Waals surface area contributed by atoms with Crippen LogP contribution in [0.2, 0.25) is 0 Å². The lowest BCUT2D eigenvalue weighted by molar-refractivity contribution is 0.0816. The Balaban J connectivity index is 2.62. The first-order chi connectivity index (χ1) is 6.94. The van der Waals surface area contributed by atoms with Crippen LogP contribution < -0.4 is 0 Å². The van der Waals surface area contributed by atoms with Crippen molar-refractivity contribution in [3.63, 3.8) is 0 Å². The molecule has 0 heterocycles. The molecule has 0 amide bonds. The quantitative estimate of drug-likeness (QED) is 0.804. The van der Waals surface area contributed by atoms with Crippen molar-refractivity contribution in [3.8, 4) is 0 Å². The van der Waals surface area contributed by atoms with Crippen LogP contribution >= 0.6 is 11.8 Å². The molecule has 0 aliphatic rings. The van der Waals surface area contributed by atoms with Crippen LogP contribution in [-0.4, -0.2) is 16.5 Å². The maximum atomic E-state index is 12.8. The van der Waals surface area contributed by atoms with Crippen LogP contribution in [0.4, 0.5) is 8.78 Å². The first-order valence-corrected chi connectivity index (χ1v) is 5.73. The van der Waals surface area contributed by atoms with Gasteiger partial charge in [-0.1, -0.05) is 6.92 Å². The van der Waals surface area contributed by atoms with Crippen LogP contribution in [0.5, 0.6) is 0 Å². The largest absolute Gasteiger partial charge is 0.389 e. The summed E-state index contributed by atoms with van der Waals surface area (Å²) in [6.45, 7) is 3.60. The number of aliphatic hydroxyl groups is 1. The third-order valence-corrected chi connectivity index (χ3v) is 3.56. The summed E-state index contributed by atoms with van der Waals surface area (Å²) in [4.78, 5) is 0.627. The third-order valence-electron chi connectivity index (χ3n) is 2.20. The molecule has 1 aromatic carbocycles. The molecule has 0 aliphatic carbocycles. The van der Waals surface area contributed by atoms with Gasteiger partial charge in [-0.15, -0.1) is 11.8 Å². The summed E-state index contributed by atoms with van der Waals surface area (Å²) in [5.74, 6) is -1.23. The van der Waals surface area contributed by atoms with Crippen molar-refractivity contribution in [2.75, 3.05) is 5.75 Å². The molecule has 1 unspecified atom stereocenters. The van der Waals surface area contributed by atoms with Crippen molar-refractivity contribution in [1.82, 2.24) is 0 Å². The van der Waals surface area contributed by atoms with E-state index in [1.165, 1.54) is 17.8 Å². The summed E-state index contributed by atoms with van der Waals surface area (Å²) < 4.78 is 25.4. The van der Waals surface area contributed by atoms with Gasteiger partial charge < -0.3 is 5.11 Å². The molecule has 1 rings (SSSR count). The van der Waals surface area contributed by atoms with E-state index in [2.05, 4.69) is 0 Å². The van der Waals surface area contributed by atoms with Crippen molar-refractivity contribution in [2.24, 2.45) is 0 Å². The topological polar surface area (TPSA) is 20.2 Å². The van der Waals surface area contributed by atoms with E-state index in [0.717, 1.165) is 12.1 Å². The van der Waals surface area contributed by atoms with Crippen molar-refractivity contribution < 1.29 is 13.9 Å². The minimum absolute atomic E-state index is 0.467. The molecule has 84 valence electrons. The second-order valence-electron chi connectivity index (χ2n) is 3.72. The molecule has 4 heteroatoms. The van der Waals surface area contributed by atoms with Gasteiger partial charge in [-0.2, -0.15) is 0 Å². The molecule has 1 atom stereocenters. The average molecular weight is 232 g/mol. The van der Waals surface area contributed by atoms with E-state index >= 15 is 0 Å². The Morgan fingerprint density at radius 1 is 1.33 bits per heavy atom. The number of hydrogen-bond acceptors (Lipinski definition) is 2. The smallest absolute Gasteiger partial charge is 0.159 e. The molecule has 15 heavy (non-hydrogen) atoms. The van der Waals surface area contributed by atoms with E-state index in [1.807, 2.05) is 6.92 Å². The Kier molecular flexibility index (Phi) is 4.11. The number of rotatable bonds is 4. The molecular formula is C11H14F2OS. The summed E-state index contributed by atoms with van der Waals surface area (Å²) in [6, 6.07) is 3.75. The van der Waals surface area contributed by atoms with Gasteiger partial charge in [0.25, 0.3) is 0 Å². The number of halogens is 2. The highest BCUT2D eigenvalue weighted by atomic mass is 32.2. The van der Waals surface area contributed by atoms with Crippen LogP contribution in [0.25, 0.3) is 0 Å². The SMILES string of the molecule is CCC(C)(O)CSc1ccc(F)c(F)c1. The Morgan fingerprint density at radius 3 is 2.53 bits per heavy atom. The zero-order chi connectivity index (χ0) is 11.5. The Bertz CT molecular complexity index is 339. The highest BCUT2D eigenvalue weighted by molar-refractivity contribution is 7.99. The van der Waals surface area contributed by atoms with Crippen LogP contribution in [-0.2, 0) is 0 Å². The van der Waals surface area contributed by atoms with E-state index in [0.29, 0.717) is 17.1 Å². The predicted octanol–water partition coefficient (Wildman–Crippen LogP) is 3.22. The summed E-state index contributed by atoms with van der Waals surface area (Å²) in [6.07, 6.45) is 0.629. The zero-order valence-electron chi connectivity index (χ0n) is 8.76. The van der Waals surface area contributed by atoms with Gasteiger partial charge in [0.15, 0.2) is 11.6 Å². The Labute approximate surface area is 92.5 Å². The molecule has 1 aromatic rings. The summed E-state index contributed by atoms with van der Waals surface area (Å²) in [7, 11) is 0. The minimum Gasteiger partial charge on any atom is -0.389 e. The van der Waals surface area contributed by atoms with Gasteiger partial charge in [-0.3, -0.25) is 0 Å². The van der Waals surface area contributed by atoms with Gasteiger partial charge >= 0.3 is 0 Å². The molecule has 1 N–H and O–H groups in total. The number of hydrogen-bond donors (Lipinski definition) is 1. The Hall–Kier alpha value is -0.610. The maximum absolute atomic E-state index is 12.8. The Morgan fingerprint density at radius 2 is 2.00 bits per heavy atom. The molecule has 0 fully saturated rings. The monoisotopic (exact) mass is 232 g/mol. The minimum atomic E-state index is -0.851. The highest BCUT2D eigenvalue weighted by Crippen LogP contribution is 2.25. The zero-order valence-corrected chi connectivity index (χ0v) is 9.57. The lowest BCUT2D eigenvalue weighted by atomic mass is 10.1. The van der Waals surface area contributed by atoms with E-state index in [4.69, 9.17) is 0 Å². The van der Waals surface area contributed by atoms with E-state index in [1.54, 1.807) is 6.92 Å². The molecular weight excluding hydrogens is 218 g/mol. The molecule has 1 nitrogen and oxygen atoms in total. The van der Waals surface area contributed by atoms with Crippen molar-refractivity contribution in [3.05, 3.63) is 29.8 Å². The average Bonchev–Trinajstić information content (AvgIpc) is 2.20. The molecule has 0 saturated carbocycles. The summed E-state index contributed by atoms with van der Waals surface area (Å²) in [5, 5.41) is 9.72. The van der Waals surface area contributed by atoms with E-state index in [9.17, 15) is 13.9 Å². The summed E-state index contributed by atoms with van der Waals surface area (Å²) >= 11 is 1.32. The first-order valence-electron chi connectivity index (χ1n) is 4.75. The van der Waals surface area contributed by atoms with E-state index in [-0.39, 0.29) is 0 Å². The van der Waals surface area contributed by atoms with Crippen LogP contribution in [0, 0.1) is 11.6 Å². The molecule has 0 saturated heterocycles. The molecule has 0 aliphatic heterocycles. The molecule has 0 radical (unpaired) electrons. The highest BCUT2D eigenvalue weighted by Gasteiger charge is 2.17. The van der Waals surface area contributed by atoms with Gasteiger partial charge in [-0.05, 0) is 31.5 Å². The first kappa shape index (κ1) is 12.5. The second kappa shape index (κ2) is 4.94. The summed E-state index contributed by atoms with van der Waals surface area (Å²) in [5.41, 5.74) is -0.768. The predicted molar refractivity (Wildman–Crippen MR) is 58.0 cm³/mol. The fraction of sp³-hybridized carbons (Fsp3) is 0.455. The molecule has 0 spiro atoms. The fourth-order valence-corrected chi connectivity index (χ4v) is 1.94. The number of benzene rings is 1. The fourth-order valence-electron chi connectivity index (χ4n) is 0.908. The molecule has 0 aromatic heterocycles. The number of thioether (sulfide) groups is 1. The van der Waals surface area contributed by atoms with Gasteiger partial charge in [-0.25, -0.2) is 8.78 Å². The van der Waals surface area contributed by atoms with Crippen LogP contribution in [0.3, 0.4) is 0 Å². The molecule has 0 bridgehead atoms. The van der Waals surface area contributed by atoms with Gasteiger partial charge in [0.1, 0.15) is 0 Å². The van der Waals surface area contributed by atoms with Crippen molar-refractivity contribution in [2.45, 2.75) is 30.8 Å². The van der Waals surface area contributed by atoms with E-state index < -0.39 is 17.2 Å². The van der Waals surface area contributed by atoms with Gasteiger partial charge in [0, 0.05) is 10.6 Å². The van der Waals surface area contributed by atoms with Crippen LogP contribution in [0.1, 0.15) is 20.3 Å². The lowest BCUT2D eigenvalue weighted by Crippen LogP contribution is -2.25. The lowest BCUT2D eigenvalue weighted by Gasteiger charge is -2.20. The van der Waals surface area contributed by atoms with Crippen LogP contribution in [0.15, 0.2) is 23.1 Å². The maximum Gasteiger partial charge on any atom is 0.159 e. The van der Waals surface area contributed by atoms with Gasteiger partial charge in [0.2, 0.25) is 0 Å². The van der Waals surface area contributed by atoms with Crippen molar-refractivity contribution in [1.29, 1.82) is 0 Å². The standard InChI is InChI=1S/C11H14F2OS/c1-3-11(2,14)7-15-8-4-5-9(12)10(13)6-8/h4-6,14H,3,7H2,1-2H3. The normalized spacial score (nSPS) is 15.0. The van der Waals surface area contributed by atoms with Crippen molar-refractivity contribution >= 4 is 11.8 Å². The van der Waals surface area contributed by atoms with Gasteiger partial charge in [0.05, 0.1) is 5.60 Å². The third kappa shape index (κ3) is 3.80.